The van der Waals surface area contributed by atoms with E-state index in [9.17, 15) is 4.79 Å². The Labute approximate surface area is 111 Å². The molecule has 0 radical (unpaired) electrons. The fourth-order valence-corrected chi connectivity index (χ4v) is 3.11. The fourth-order valence-electron chi connectivity index (χ4n) is 2.14. The second-order valence-electron chi connectivity index (χ2n) is 4.42. The number of thioether (sulfide) groups is 1. The first-order chi connectivity index (χ1) is 8.83. The zero-order valence-electron chi connectivity index (χ0n) is 10.0. The molecule has 1 fully saturated rings. The summed E-state index contributed by atoms with van der Waals surface area (Å²) >= 11 is 1.50. The van der Waals surface area contributed by atoms with Gasteiger partial charge in [0.25, 0.3) is 5.91 Å². The summed E-state index contributed by atoms with van der Waals surface area (Å²) in [6, 6.07) is 9.90. The lowest BCUT2D eigenvalue weighted by Crippen LogP contribution is -2.23. The minimum absolute atomic E-state index is 0.106. The van der Waals surface area contributed by atoms with E-state index in [4.69, 9.17) is 0 Å². The van der Waals surface area contributed by atoms with E-state index in [2.05, 4.69) is 9.89 Å². The van der Waals surface area contributed by atoms with Gasteiger partial charge in [-0.05, 0) is 36.2 Å². The molecule has 3 nitrogen and oxygen atoms in total. The molecule has 0 aliphatic carbocycles. The molecule has 4 heteroatoms. The lowest BCUT2D eigenvalue weighted by molar-refractivity contribution is -0.113. The van der Waals surface area contributed by atoms with Crippen molar-refractivity contribution >= 4 is 28.9 Å². The number of benzene rings is 1. The van der Waals surface area contributed by atoms with E-state index in [1.165, 1.54) is 24.6 Å². The molecule has 0 atom stereocenters. The van der Waals surface area contributed by atoms with Crippen LogP contribution in [0.4, 0.5) is 0 Å². The first kappa shape index (κ1) is 11.5. The fraction of sp³-hybridized carbons (Fsp3) is 0.286. The predicted octanol–water partition coefficient (Wildman–Crippen LogP) is 2.75. The molecule has 1 aromatic carbocycles. The van der Waals surface area contributed by atoms with Crippen molar-refractivity contribution in [3.8, 4) is 0 Å². The summed E-state index contributed by atoms with van der Waals surface area (Å²) < 4.78 is 0. The Morgan fingerprint density at radius 1 is 1.17 bits per heavy atom. The summed E-state index contributed by atoms with van der Waals surface area (Å²) in [4.78, 5) is 18.9. The highest BCUT2D eigenvalue weighted by Crippen LogP contribution is 2.31. The second kappa shape index (κ2) is 4.98. The quantitative estimate of drug-likeness (QED) is 0.726. The van der Waals surface area contributed by atoms with Gasteiger partial charge in [-0.15, -0.1) is 0 Å². The van der Waals surface area contributed by atoms with Gasteiger partial charge < -0.3 is 4.90 Å². The summed E-state index contributed by atoms with van der Waals surface area (Å²) in [6.07, 6.45) is 4.32. The Morgan fingerprint density at radius 2 is 1.89 bits per heavy atom. The lowest BCUT2D eigenvalue weighted by Gasteiger charge is -2.14. The number of likely N-dealkylation sites (tertiary alicyclic amines) is 1. The highest BCUT2D eigenvalue weighted by molar-refractivity contribution is 8.18. The van der Waals surface area contributed by atoms with E-state index in [1.807, 2.05) is 36.4 Å². The number of carbonyl (C=O) groups is 1. The molecular formula is C14H14N2OS. The average molecular weight is 258 g/mol. The molecule has 0 bridgehead atoms. The smallest absolute Gasteiger partial charge is 0.286 e. The predicted molar refractivity (Wildman–Crippen MR) is 75.3 cm³/mol. The summed E-state index contributed by atoms with van der Waals surface area (Å²) in [5.74, 6) is -0.106. The van der Waals surface area contributed by atoms with E-state index in [-0.39, 0.29) is 5.91 Å². The number of rotatable bonds is 1. The molecule has 0 spiro atoms. The van der Waals surface area contributed by atoms with Crippen molar-refractivity contribution in [3.05, 3.63) is 40.8 Å². The molecule has 2 heterocycles. The van der Waals surface area contributed by atoms with Crippen LogP contribution in [0.1, 0.15) is 18.4 Å². The van der Waals surface area contributed by atoms with Gasteiger partial charge in [0.15, 0.2) is 5.17 Å². The normalized spacial score (nSPS) is 21.8. The first-order valence-corrected chi connectivity index (χ1v) is 6.97. The van der Waals surface area contributed by atoms with Crippen molar-refractivity contribution in [1.29, 1.82) is 0 Å². The Bertz CT molecular complexity index is 516. The molecule has 92 valence electrons. The van der Waals surface area contributed by atoms with E-state index >= 15 is 0 Å². The van der Waals surface area contributed by atoms with Crippen molar-refractivity contribution in [3.63, 3.8) is 0 Å². The molecule has 1 saturated heterocycles. The van der Waals surface area contributed by atoms with Gasteiger partial charge in [0.1, 0.15) is 0 Å². The number of carbonyl (C=O) groups excluding carboxylic acids is 1. The Balaban J connectivity index is 1.77. The van der Waals surface area contributed by atoms with Crippen molar-refractivity contribution in [2.75, 3.05) is 13.1 Å². The summed E-state index contributed by atoms with van der Waals surface area (Å²) in [6.45, 7) is 2.05. The highest BCUT2D eigenvalue weighted by Gasteiger charge is 2.27. The van der Waals surface area contributed by atoms with Crippen molar-refractivity contribution < 1.29 is 4.79 Å². The van der Waals surface area contributed by atoms with Crippen LogP contribution in [-0.4, -0.2) is 29.1 Å². The molecule has 0 saturated carbocycles. The molecule has 0 N–H and O–H groups in total. The SMILES string of the molecule is O=C1N=C(N2CCCC2)SC1=Cc1ccccc1. The Hall–Kier alpha value is -1.55. The van der Waals surface area contributed by atoms with E-state index in [1.54, 1.807) is 0 Å². The van der Waals surface area contributed by atoms with E-state index in [0.717, 1.165) is 28.7 Å². The van der Waals surface area contributed by atoms with Crippen LogP contribution in [0, 0.1) is 0 Å². The molecule has 0 unspecified atom stereocenters. The van der Waals surface area contributed by atoms with Crippen LogP contribution in [0.3, 0.4) is 0 Å². The molecular weight excluding hydrogens is 244 g/mol. The number of aliphatic imine (C=N–C) groups is 1. The number of nitrogens with zero attached hydrogens (tertiary/aromatic N) is 2. The molecule has 1 aromatic rings. The monoisotopic (exact) mass is 258 g/mol. The molecule has 1 amide bonds. The first-order valence-electron chi connectivity index (χ1n) is 6.15. The van der Waals surface area contributed by atoms with E-state index in [0.29, 0.717) is 0 Å². The minimum atomic E-state index is -0.106. The van der Waals surface area contributed by atoms with Gasteiger partial charge in [0, 0.05) is 13.1 Å². The zero-order chi connectivity index (χ0) is 12.4. The molecule has 3 rings (SSSR count). The third-order valence-electron chi connectivity index (χ3n) is 3.08. The maximum absolute atomic E-state index is 11.8. The van der Waals surface area contributed by atoms with Gasteiger partial charge in [-0.2, -0.15) is 4.99 Å². The van der Waals surface area contributed by atoms with Crippen LogP contribution in [-0.2, 0) is 4.79 Å². The zero-order valence-corrected chi connectivity index (χ0v) is 10.8. The number of hydrogen-bond acceptors (Lipinski definition) is 3. The van der Waals surface area contributed by atoms with Crippen LogP contribution in [0.15, 0.2) is 40.2 Å². The van der Waals surface area contributed by atoms with E-state index < -0.39 is 0 Å². The van der Waals surface area contributed by atoms with Gasteiger partial charge in [-0.25, -0.2) is 0 Å². The van der Waals surface area contributed by atoms with Crippen LogP contribution in [0.5, 0.6) is 0 Å². The summed E-state index contributed by atoms with van der Waals surface area (Å²) in [5.41, 5.74) is 1.05. The largest absolute Gasteiger partial charge is 0.351 e. The highest BCUT2D eigenvalue weighted by atomic mass is 32.2. The standard InChI is InChI=1S/C14H14N2OS/c17-13-12(10-11-6-2-1-3-7-11)18-14(15-13)16-8-4-5-9-16/h1-3,6-7,10H,4-5,8-9H2. The lowest BCUT2D eigenvalue weighted by atomic mass is 10.2. The van der Waals surface area contributed by atoms with Gasteiger partial charge in [0.2, 0.25) is 0 Å². The number of amidine groups is 1. The van der Waals surface area contributed by atoms with Gasteiger partial charge in [-0.3, -0.25) is 4.79 Å². The summed E-state index contributed by atoms with van der Waals surface area (Å²) in [5, 5.41) is 0.875. The second-order valence-corrected chi connectivity index (χ2v) is 5.42. The van der Waals surface area contributed by atoms with Crippen LogP contribution >= 0.6 is 11.8 Å². The van der Waals surface area contributed by atoms with Crippen LogP contribution in [0.2, 0.25) is 0 Å². The van der Waals surface area contributed by atoms with Crippen molar-refractivity contribution in [2.24, 2.45) is 4.99 Å². The number of amides is 1. The van der Waals surface area contributed by atoms with Crippen molar-refractivity contribution in [2.45, 2.75) is 12.8 Å². The topological polar surface area (TPSA) is 32.7 Å². The summed E-state index contributed by atoms with van der Waals surface area (Å²) in [7, 11) is 0. The third-order valence-corrected chi connectivity index (χ3v) is 4.13. The minimum Gasteiger partial charge on any atom is -0.351 e. The Kier molecular flexibility index (Phi) is 3.19. The number of hydrogen-bond donors (Lipinski definition) is 0. The van der Waals surface area contributed by atoms with Crippen LogP contribution in [0.25, 0.3) is 6.08 Å². The third kappa shape index (κ3) is 2.34. The molecule has 2 aliphatic heterocycles. The molecule has 2 aliphatic rings. The maximum Gasteiger partial charge on any atom is 0.286 e. The van der Waals surface area contributed by atoms with Crippen molar-refractivity contribution in [1.82, 2.24) is 4.90 Å². The molecule has 18 heavy (non-hydrogen) atoms. The molecule has 0 aromatic heterocycles. The van der Waals surface area contributed by atoms with Gasteiger partial charge in [-0.1, -0.05) is 30.3 Å². The average Bonchev–Trinajstić information content (AvgIpc) is 3.01. The maximum atomic E-state index is 11.8. The van der Waals surface area contributed by atoms with Gasteiger partial charge >= 0.3 is 0 Å². The Morgan fingerprint density at radius 3 is 2.61 bits per heavy atom. The van der Waals surface area contributed by atoms with Crippen LogP contribution < -0.4 is 0 Å². The van der Waals surface area contributed by atoms with Gasteiger partial charge in [0.05, 0.1) is 4.91 Å².